The Morgan fingerprint density at radius 3 is 2.60 bits per heavy atom. The highest BCUT2D eigenvalue weighted by Gasteiger charge is 1.93. The van der Waals surface area contributed by atoms with Gasteiger partial charge in [0, 0.05) is 17.5 Å². The van der Waals surface area contributed by atoms with E-state index in [1.165, 1.54) is 12.3 Å². The van der Waals surface area contributed by atoms with Crippen molar-refractivity contribution in [1.82, 2.24) is 4.98 Å². The SMILES string of the molecule is O=CO/C=C/c1ccc(/C=C/C(=O)O)[nH]1. The molecule has 0 radical (unpaired) electrons. The van der Waals surface area contributed by atoms with Gasteiger partial charge in [-0.1, -0.05) is 0 Å². The number of aliphatic carboxylic acids is 1. The van der Waals surface area contributed by atoms with Crippen LogP contribution in [0.5, 0.6) is 0 Å². The number of carbonyl (C=O) groups is 2. The van der Waals surface area contributed by atoms with E-state index in [-0.39, 0.29) is 0 Å². The fraction of sp³-hybridized carbons (Fsp3) is 0. The van der Waals surface area contributed by atoms with E-state index in [1.807, 2.05) is 0 Å². The van der Waals surface area contributed by atoms with Crippen molar-refractivity contribution in [2.45, 2.75) is 0 Å². The van der Waals surface area contributed by atoms with Crippen LogP contribution in [-0.4, -0.2) is 22.5 Å². The number of hydrogen-bond acceptors (Lipinski definition) is 3. The van der Waals surface area contributed by atoms with Crippen LogP contribution in [0.2, 0.25) is 0 Å². The molecule has 1 heterocycles. The molecule has 1 aromatic rings. The average molecular weight is 207 g/mol. The molecule has 15 heavy (non-hydrogen) atoms. The number of rotatable bonds is 5. The molecule has 0 bridgehead atoms. The minimum atomic E-state index is -1.01. The second-order valence-electron chi connectivity index (χ2n) is 2.58. The first-order chi connectivity index (χ1) is 7.22. The Labute approximate surface area is 85.7 Å². The maximum absolute atomic E-state index is 10.2. The van der Waals surface area contributed by atoms with Crippen molar-refractivity contribution in [2.75, 3.05) is 0 Å². The fourth-order valence-electron chi connectivity index (χ4n) is 0.930. The van der Waals surface area contributed by atoms with Crippen molar-refractivity contribution in [3.05, 3.63) is 35.9 Å². The first kappa shape index (κ1) is 10.8. The normalized spacial score (nSPS) is 10.9. The molecule has 0 aromatic carbocycles. The lowest BCUT2D eigenvalue weighted by Gasteiger charge is -1.86. The van der Waals surface area contributed by atoms with Crippen molar-refractivity contribution in [3.63, 3.8) is 0 Å². The third-order valence-corrected chi connectivity index (χ3v) is 1.52. The van der Waals surface area contributed by atoms with E-state index in [0.29, 0.717) is 17.9 Å². The highest BCUT2D eigenvalue weighted by Crippen LogP contribution is 2.05. The Morgan fingerprint density at radius 2 is 2.00 bits per heavy atom. The molecule has 1 rings (SSSR count). The summed E-state index contributed by atoms with van der Waals surface area (Å²) in [4.78, 5) is 22.9. The van der Waals surface area contributed by atoms with Crippen LogP contribution in [0.3, 0.4) is 0 Å². The van der Waals surface area contributed by atoms with Crippen LogP contribution >= 0.6 is 0 Å². The monoisotopic (exact) mass is 207 g/mol. The number of H-pyrrole nitrogens is 1. The Morgan fingerprint density at radius 1 is 1.33 bits per heavy atom. The fourth-order valence-corrected chi connectivity index (χ4v) is 0.930. The number of nitrogens with one attached hydrogen (secondary N) is 1. The Hall–Kier alpha value is -2.30. The molecule has 5 nitrogen and oxygen atoms in total. The molecule has 0 unspecified atom stereocenters. The molecule has 0 spiro atoms. The second kappa shape index (κ2) is 5.43. The molecular weight excluding hydrogens is 198 g/mol. The van der Waals surface area contributed by atoms with Gasteiger partial charge < -0.3 is 14.8 Å². The maximum atomic E-state index is 10.2. The summed E-state index contributed by atoms with van der Waals surface area (Å²) in [6, 6.07) is 3.44. The molecule has 0 saturated carbocycles. The number of hydrogen-bond donors (Lipinski definition) is 2. The lowest BCUT2D eigenvalue weighted by Crippen LogP contribution is -1.85. The van der Waals surface area contributed by atoms with Crippen molar-refractivity contribution in [1.29, 1.82) is 0 Å². The zero-order valence-corrected chi connectivity index (χ0v) is 7.71. The molecule has 0 atom stereocenters. The van der Waals surface area contributed by atoms with Crippen LogP contribution in [0, 0.1) is 0 Å². The Bertz CT molecular complexity index is 403. The van der Waals surface area contributed by atoms with Gasteiger partial charge in [-0.15, -0.1) is 0 Å². The number of aromatic amines is 1. The molecule has 0 aliphatic heterocycles. The van der Waals surface area contributed by atoms with Crippen molar-refractivity contribution >= 4 is 24.6 Å². The van der Waals surface area contributed by atoms with E-state index in [4.69, 9.17) is 5.11 Å². The molecule has 0 amide bonds. The minimum absolute atomic E-state index is 0.310. The smallest absolute Gasteiger partial charge is 0.328 e. The van der Waals surface area contributed by atoms with Crippen molar-refractivity contribution in [3.8, 4) is 0 Å². The standard InChI is InChI=1S/C10H9NO4/c12-7-15-6-5-9-2-1-8(11-9)3-4-10(13)14/h1-7,11H,(H,13,14)/b4-3+,6-5+. The highest BCUT2D eigenvalue weighted by atomic mass is 16.5. The third kappa shape index (κ3) is 3.95. The summed E-state index contributed by atoms with van der Waals surface area (Å²) in [5.74, 6) is -1.01. The minimum Gasteiger partial charge on any atom is -0.478 e. The average Bonchev–Trinajstić information content (AvgIpc) is 2.63. The van der Waals surface area contributed by atoms with E-state index >= 15 is 0 Å². The zero-order chi connectivity index (χ0) is 11.1. The van der Waals surface area contributed by atoms with Crippen LogP contribution in [0.4, 0.5) is 0 Å². The zero-order valence-electron chi connectivity index (χ0n) is 7.71. The van der Waals surface area contributed by atoms with Crippen molar-refractivity contribution in [2.24, 2.45) is 0 Å². The van der Waals surface area contributed by atoms with Gasteiger partial charge >= 0.3 is 5.97 Å². The van der Waals surface area contributed by atoms with Gasteiger partial charge in [0.15, 0.2) is 0 Å². The van der Waals surface area contributed by atoms with Gasteiger partial charge in [0.25, 0.3) is 6.47 Å². The molecule has 0 fully saturated rings. The number of aromatic nitrogens is 1. The molecule has 5 heteroatoms. The Balaban J connectivity index is 2.63. The van der Waals surface area contributed by atoms with Crippen LogP contribution in [-0.2, 0) is 14.3 Å². The topological polar surface area (TPSA) is 79.4 Å². The first-order valence-corrected chi connectivity index (χ1v) is 4.08. The van der Waals surface area contributed by atoms with Gasteiger partial charge in [-0.3, -0.25) is 4.79 Å². The predicted octanol–water partition coefficient (Wildman–Crippen LogP) is 1.26. The van der Waals surface area contributed by atoms with E-state index in [2.05, 4.69) is 9.72 Å². The van der Waals surface area contributed by atoms with Crippen LogP contribution in [0.15, 0.2) is 24.5 Å². The van der Waals surface area contributed by atoms with Gasteiger partial charge in [-0.25, -0.2) is 4.79 Å². The lowest BCUT2D eigenvalue weighted by molar-refractivity contribution is -0.131. The summed E-state index contributed by atoms with van der Waals surface area (Å²) in [7, 11) is 0. The summed E-state index contributed by atoms with van der Waals surface area (Å²) in [5, 5.41) is 8.38. The van der Waals surface area contributed by atoms with Gasteiger partial charge in [0.1, 0.15) is 0 Å². The van der Waals surface area contributed by atoms with E-state index < -0.39 is 5.97 Å². The van der Waals surface area contributed by atoms with Gasteiger partial charge in [-0.2, -0.15) is 0 Å². The van der Waals surface area contributed by atoms with Gasteiger partial charge in [-0.05, 0) is 24.3 Å². The van der Waals surface area contributed by atoms with E-state index in [1.54, 1.807) is 18.2 Å². The highest BCUT2D eigenvalue weighted by molar-refractivity contribution is 5.84. The van der Waals surface area contributed by atoms with Crippen LogP contribution in [0.1, 0.15) is 11.4 Å². The summed E-state index contributed by atoms with van der Waals surface area (Å²) in [6.07, 6.45) is 5.23. The molecular formula is C10H9NO4. The lowest BCUT2D eigenvalue weighted by atomic mass is 10.4. The third-order valence-electron chi connectivity index (χ3n) is 1.52. The van der Waals surface area contributed by atoms with Crippen LogP contribution < -0.4 is 0 Å². The molecule has 0 aliphatic rings. The number of ether oxygens (including phenoxy) is 1. The summed E-state index contributed by atoms with van der Waals surface area (Å²) in [5.41, 5.74) is 1.37. The summed E-state index contributed by atoms with van der Waals surface area (Å²) in [6.45, 7) is 0.310. The van der Waals surface area contributed by atoms with Crippen LogP contribution in [0.25, 0.3) is 12.2 Å². The van der Waals surface area contributed by atoms with E-state index in [0.717, 1.165) is 6.08 Å². The summed E-state index contributed by atoms with van der Waals surface area (Å²) < 4.78 is 4.35. The second-order valence-corrected chi connectivity index (χ2v) is 2.58. The molecule has 78 valence electrons. The molecule has 2 N–H and O–H groups in total. The van der Waals surface area contributed by atoms with Gasteiger partial charge in [0.05, 0.1) is 6.26 Å². The molecule has 0 aliphatic carbocycles. The summed E-state index contributed by atoms with van der Waals surface area (Å²) >= 11 is 0. The predicted molar refractivity (Wildman–Crippen MR) is 53.6 cm³/mol. The number of carboxylic acids is 1. The first-order valence-electron chi connectivity index (χ1n) is 4.08. The van der Waals surface area contributed by atoms with E-state index in [9.17, 15) is 9.59 Å². The molecule has 1 aromatic heterocycles. The Kier molecular flexibility index (Phi) is 3.91. The number of carbonyl (C=O) groups excluding carboxylic acids is 1. The van der Waals surface area contributed by atoms with Crippen molar-refractivity contribution < 1.29 is 19.4 Å². The number of carboxylic acid groups (broad SMARTS) is 1. The van der Waals surface area contributed by atoms with Gasteiger partial charge in [0.2, 0.25) is 0 Å². The quantitative estimate of drug-likeness (QED) is 0.432. The molecule has 0 saturated heterocycles. The largest absolute Gasteiger partial charge is 0.478 e. The maximum Gasteiger partial charge on any atom is 0.328 e.